The summed E-state index contributed by atoms with van der Waals surface area (Å²) in [6, 6.07) is 0. The molecule has 0 unspecified atom stereocenters. The van der Waals surface area contributed by atoms with Crippen LogP contribution >= 0.6 is 11.8 Å². The Morgan fingerprint density at radius 1 is 0.706 bits per heavy atom. The average molecular weight is 246 g/mol. The second-order valence-electron chi connectivity index (χ2n) is 5.25. The van der Waals surface area contributed by atoms with Crippen LogP contribution in [0.1, 0.15) is 53.4 Å². The van der Waals surface area contributed by atoms with E-state index in [1.165, 1.54) is 36.8 Å². The largest absolute Gasteiger partial charge is 0.0990 e. The van der Waals surface area contributed by atoms with E-state index < -0.39 is 0 Å². The summed E-state index contributed by atoms with van der Waals surface area (Å²) in [6.45, 7) is 8.98. The highest BCUT2D eigenvalue weighted by Gasteiger charge is 2.13. The molecule has 17 heavy (non-hydrogen) atoms. The van der Waals surface area contributed by atoms with Crippen LogP contribution in [-0.2, 0) is 0 Å². The van der Waals surface area contributed by atoms with E-state index in [9.17, 15) is 0 Å². The summed E-state index contributed by atoms with van der Waals surface area (Å²) in [5.74, 6) is 0. The zero-order valence-corrected chi connectivity index (χ0v) is 12.2. The van der Waals surface area contributed by atoms with Gasteiger partial charge in [-0.2, -0.15) is 0 Å². The third kappa shape index (κ3) is 3.16. The normalized spacial score (nSPS) is 21.6. The Balaban J connectivity index is 2.09. The Morgan fingerprint density at radius 2 is 1.12 bits per heavy atom. The topological polar surface area (TPSA) is 0 Å². The number of hydrogen-bond donors (Lipinski definition) is 0. The average Bonchev–Trinajstić information content (AvgIpc) is 2.29. The molecule has 0 bridgehead atoms. The van der Waals surface area contributed by atoms with Crippen LogP contribution in [-0.4, -0.2) is 0 Å². The second kappa shape index (κ2) is 5.30. The summed E-state index contributed by atoms with van der Waals surface area (Å²) < 4.78 is 0. The smallest absolute Gasteiger partial charge is 0.00998 e. The van der Waals surface area contributed by atoms with E-state index >= 15 is 0 Å². The van der Waals surface area contributed by atoms with Crippen LogP contribution < -0.4 is 0 Å². The Labute approximate surface area is 110 Å². The fraction of sp³-hybridized carbons (Fsp3) is 0.500. The fourth-order valence-electron chi connectivity index (χ4n) is 2.22. The number of hydrogen-bond acceptors (Lipinski definition) is 1. The molecule has 0 saturated heterocycles. The van der Waals surface area contributed by atoms with E-state index in [2.05, 4.69) is 39.8 Å². The van der Waals surface area contributed by atoms with Gasteiger partial charge >= 0.3 is 0 Å². The van der Waals surface area contributed by atoms with Gasteiger partial charge in [0.15, 0.2) is 0 Å². The van der Waals surface area contributed by atoms with E-state index in [-0.39, 0.29) is 0 Å². The zero-order valence-electron chi connectivity index (χ0n) is 11.4. The van der Waals surface area contributed by atoms with Gasteiger partial charge < -0.3 is 0 Å². The van der Waals surface area contributed by atoms with E-state index in [0.29, 0.717) is 0 Å². The predicted molar refractivity (Wildman–Crippen MR) is 79.0 cm³/mol. The molecule has 0 aromatic heterocycles. The molecule has 0 radical (unpaired) electrons. The van der Waals surface area contributed by atoms with Gasteiger partial charge in [-0.1, -0.05) is 34.1 Å². The highest BCUT2D eigenvalue weighted by atomic mass is 32.2. The van der Waals surface area contributed by atoms with Crippen molar-refractivity contribution in [1.29, 1.82) is 0 Å². The Kier molecular flexibility index (Phi) is 3.98. The molecule has 0 atom stereocenters. The lowest BCUT2D eigenvalue weighted by molar-refractivity contribution is 0.918. The molecule has 0 aliphatic heterocycles. The molecule has 2 rings (SSSR count). The molecule has 0 aromatic rings. The minimum atomic E-state index is 1.23. The lowest BCUT2D eigenvalue weighted by Crippen LogP contribution is -1.96. The summed E-state index contributed by atoms with van der Waals surface area (Å²) in [6.07, 6.45) is 9.70. The van der Waals surface area contributed by atoms with Crippen LogP contribution in [0.2, 0.25) is 0 Å². The lowest BCUT2D eigenvalue weighted by Gasteiger charge is -2.19. The van der Waals surface area contributed by atoms with Crippen LogP contribution in [0.3, 0.4) is 0 Å². The molecule has 0 nitrogen and oxygen atoms in total. The minimum Gasteiger partial charge on any atom is -0.0990 e. The summed E-state index contributed by atoms with van der Waals surface area (Å²) >= 11 is 2.01. The summed E-state index contributed by atoms with van der Waals surface area (Å²) in [5, 5.41) is 0. The van der Waals surface area contributed by atoms with E-state index in [1.54, 1.807) is 21.0 Å². The van der Waals surface area contributed by atoms with Gasteiger partial charge in [0.2, 0.25) is 0 Å². The molecule has 0 spiro atoms. The SMILES string of the molecule is CC1=C(C)CCC(SC2=CC(C)=C(C)CC2)=C1. The molecule has 2 aliphatic carbocycles. The molecule has 0 heterocycles. The monoisotopic (exact) mass is 246 g/mol. The van der Waals surface area contributed by atoms with Crippen molar-refractivity contribution in [2.75, 3.05) is 0 Å². The maximum absolute atomic E-state index is 2.38. The number of thioether (sulfide) groups is 1. The standard InChI is InChI=1S/C16H22S/c1-11-5-7-15(9-13(11)3)17-16-8-6-12(2)14(4)10-16/h9-10H,5-8H2,1-4H3. The first kappa shape index (κ1) is 12.8. The molecule has 2 aliphatic rings. The fourth-order valence-corrected chi connectivity index (χ4v) is 3.44. The van der Waals surface area contributed by atoms with Crippen LogP contribution in [0.4, 0.5) is 0 Å². The Bertz CT molecular complexity index is 402. The van der Waals surface area contributed by atoms with E-state index in [0.717, 1.165) is 0 Å². The minimum absolute atomic E-state index is 1.23. The van der Waals surface area contributed by atoms with Crippen LogP contribution in [0.25, 0.3) is 0 Å². The van der Waals surface area contributed by atoms with Gasteiger partial charge in [-0.15, -0.1) is 0 Å². The van der Waals surface area contributed by atoms with Crippen molar-refractivity contribution in [2.24, 2.45) is 0 Å². The highest BCUT2D eigenvalue weighted by Crippen LogP contribution is 2.39. The Hall–Kier alpha value is -0.690. The molecule has 92 valence electrons. The van der Waals surface area contributed by atoms with Crippen molar-refractivity contribution in [2.45, 2.75) is 53.4 Å². The van der Waals surface area contributed by atoms with Gasteiger partial charge in [0.1, 0.15) is 0 Å². The van der Waals surface area contributed by atoms with Crippen molar-refractivity contribution >= 4 is 11.8 Å². The van der Waals surface area contributed by atoms with Gasteiger partial charge in [0, 0.05) is 0 Å². The first-order chi connectivity index (χ1) is 8.06. The third-order valence-electron chi connectivity index (χ3n) is 3.86. The van der Waals surface area contributed by atoms with Crippen LogP contribution in [0.15, 0.2) is 44.3 Å². The maximum atomic E-state index is 2.38. The maximum Gasteiger partial charge on any atom is -0.00998 e. The van der Waals surface area contributed by atoms with E-state index in [4.69, 9.17) is 0 Å². The van der Waals surface area contributed by atoms with Crippen LogP contribution in [0.5, 0.6) is 0 Å². The molecule has 0 saturated carbocycles. The molecule has 0 fully saturated rings. The second-order valence-corrected chi connectivity index (χ2v) is 6.50. The quantitative estimate of drug-likeness (QED) is 0.598. The van der Waals surface area contributed by atoms with Crippen molar-refractivity contribution in [3.05, 3.63) is 44.3 Å². The molecule has 0 aromatic carbocycles. The summed E-state index contributed by atoms with van der Waals surface area (Å²) in [4.78, 5) is 3.10. The predicted octanol–water partition coefficient (Wildman–Crippen LogP) is 5.75. The molecular formula is C16H22S. The number of allylic oxidation sites excluding steroid dienone is 8. The van der Waals surface area contributed by atoms with Crippen molar-refractivity contribution in [3.63, 3.8) is 0 Å². The van der Waals surface area contributed by atoms with Gasteiger partial charge in [-0.25, -0.2) is 0 Å². The highest BCUT2D eigenvalue weighted by molar-refractivity contribution is 8.06. The zero-order chi connectivity index (χ0) is 12.4. The summed E-state index contributed by atoms with van der Waals surface area (Å²) in [7, 11) is 0. The van der Waals surface area contributed by atoms with E-state index in [1.807, 2.05) is 11.8 Å². The van der Waals surface area contributed by atoms with Gasteiger partial charge in [-0.05, 0) is 75.3 Å². The Morgan fingerprint density at radius 3 is 1.47 bits per heavy atom. The first-order valence-electron chi connectivity index (χ1n) is 6.48. The van der Waals surface area contributed by atoms with Crippen LogP contribution in [0, 0.1) is 0 Å². The van der Waals surface area contributed by atoms with Crippen molar-refractivity contribution in [1.82, 2.24) is 0 Å². The van der Waals surface area contributed by atoms with Gasteiger partial charge in [0.25, 0.3) is 0 Å². The molecule has 1 heteroatoms. The third-order valence-corrected chi connectivity index (χ3v) is 5.02. The lowest BCUT2D eigenvalue weighted by atomic mass is 10.00. The molecular weight excluding hydrogens is 224 g/mol. The van der Waals surface area contributed by atoms with Crippen molar-refractivity contribution in [3.8, 4) is 0 Å². The first-order valence-corrected chi connectivity index (χ1v) is 7.29. The molecule has 0 N–H and O–H groups in total. The van der Waals surface area contributed by atoms with Gasteiger partial charge in [0.05, 0.1) is 0 Å². The van der Waals surface area contributed by atoms with Gasteiger partial charge in [-0.3, -0.25) is 0 Å². The molecule has 0 amide bonds. The number of rotatable bonds is 2. The summed E-state index contributed by atoms with van der Waals surface area (Å²) in [5.41, 5.74) is 6.05. The van der Waals surface area contributed by atoms with Crippen molar-refractivity contribution < 1.29 is 0 Å².